The van der Waals surface area contributed by atoms with Crippen LogP contribution in [0.2, 0.25) is 0 Å². The molecule has 4 N–H and O–H groups in total. The zero-order valence-corrected chi connectivity index (χ0v) is 35.5. The maximum atomic E-state index is 13.5. The molecule has 4 heterocycles. The van der Waals surface area contributed by atoms with Crippen molar-refractivity contribution >= 4 is 74.4 Å². The molecule has 0 spiro atoms. The number of aryl methyl sites for hydroxylation is 1. The number of piperidine rings is 1. The fraction of sp³-hybridized carbons (Fsp3) is 0.477. The summed E-state index contributed by atoms with van der Waals surface area (Å²) in [6.45, 7) is 6.35. The van der Waals surface area contributed by atoms with Gasteiger partial charge in [0, 0.05) is 47.1 Å². The number of nitrogens with zero attached hydrogens (tertiary/aromatic N) is 4. The molecule has 2 aliphatic carbocycles. The average molecular weight is 838 g/mol. The highest BCUT2D eigenvalue weighted by atomic mass is 32.2. The molecule has 2 saturated carbocycles. The minimum absolute atomic E-state index is 0.0853. The first kappa shape index (κ1) is 41.1. The molecule has 1 saturated heterocycles. The van der Waals surface area contributed by atoms with E-state index in [4.69, 9.17) is 4.98 Å². The molecule has 310 valence electrons. The Balaban J connectivity index is 0.820. The number of imide groups is 2. The van der Waals surface area contributed by atoms with Crippen LogP contribution in [0.25, 0.3) is 10.2 Å². The van der Waals surface area contributed by atoms with Crippen molar-refractivity contribution < 1.29 is 29.1 Å². The Bertz CT molecular complexity index is 2310. The molecule has 8 rings (SSSR count). The van der Waals surface area contributed by atoms with Gasteiger partial charge in [-0.05, 0) is 140 Å². The number of rotatable bonds is 11. The Morgan fingerprint density at radius 1 is 0.949 bits per heavy atom. The van der Waals surface area contributed by atoms with Gasteiger partial charge in [0.2, 0.25) is 11.8 Å². The van der Waals surface area contributed by atoms with Gasteiger partial charge in [0.1, 0.15) is 11.7 Å². The van der Waals surface area contributed by atoms with Crippen LogP contribution in [0.1, 0.15) is 131 Å². The van der Waals surface area contributed by atoms with Gasteiger partial charge in [-0.2, -0.15) is 0 Å². The van der Waals surface area contributed by atoms with Crippen molar-refractivity contribution in [3.05, 3.63) is 81.6 Å². The maximum Gasteiger partial charge on any atom is 0.274 e. The summed E-state index contributed by atoms with van der Waals surface area (Å²) in [6, 6.07) is 13.9. The first-order valence-electron chi connectivity index (χ1n) is 20.6. The number of amides is 5. The van der Waals surface area contributed by atoms with Gasteiger partial charge in [0.05, 0.1) is 37.6 Å². The molecular formula is C44H51N7O6S2. The zero-order valence-electron chi connectivity index (χ0n) is 33.9. The van der Waals surface area contributed by atoms with Crippen molar-refractivity contribution in [2.24, 2.45) is 5.92 Å². The molecule has 59 heavy (non-hydrogen) atoms. The molecule has 0 radical (unpaired) electrons. The second kappa shape index (κ2) is 16.7. The van der Waals surface area contributed by atoms with Crippen molar-refractivity contribution in [2.45, 2.75) is 114 Å². The number of fused-ring (bicyclic) bond motifs is 2. The van der Waals surface area contributed by atoms with Crippen LogP contribution in [0, 0.1) is 12.8 Å². The van der Waals surface area contributed by atoms with E-state index < -0.39 is 35.3 Å². The molecule has 4 aromatic rings. The van der Waals surface area contributed by atoms with Gasteiger partial charge >= 0.3 is 0 Å². The summed E-state index contributed by atoms with van der Waals surface area (Å²) in [7, 11) is 2.26. The topological polar surface area (TPSA) is 174 Å². The Morgan fingerprint density at radius 3 is 2.41 bits per heavy atom. The van der Waals surface area contributed by atoms with Crippen molar-refractivity contribution in [1.29, 1.82) is 0 Å². The summed E-state index contributed by atoms with van der Waals surface area (Å²) in [5, 5.41) is 17.8. The van der Waals surface area contributed by atoms with Crippen LogP contribution in [-0.2, 0) is 15.2 Å². The highest BCUT2D eigenvalue weighted by Crippen LogP contribution is 2.42. The van der Waals surface area contributed by atoms with E-state index in [2.05, 4.69) is 32.3 Å². The normalized spacial score (nSPS) is 23.8. The molecule has 5 amide bonds. The highest BCUT2D eigenvalue weighted by molar-refractivity contribution is 8.01. The third kappa shape index (κ3) is 8.66. The number of hydrogen-bond acceptors (Lipinski definition) is 12. The molecule has 1 unspecified atom stereocenters. The van der Waals surface area contributed by atoms with Crippen LogP contribution in [0.15, 0.2) is 48.5 Å². The second-order valence-corrected chi connectivity index (χ2v) is 19.2. The number of aliphatic hydroxyl groups is 1. The summed E-state index contributed by atoms with van der Waals surface area (Å²) in [4.78, 5) is 77.0. The monoisotopic (exact) mass is 837 g/mol. The van der Waals surface area contributed by atoms with Gasteiger partial charge in [0.15, 0.2) is 0 Å². The van der Waals surface area contributed by atoms with E-state index in [1.54, 1.807) is 61.4 Å². The van der Waals surface area contributed by atoms with Gasteiger partial charge < -0.3 is 20.0 Å². The molecule has 3 fully saturated rings. The number of anilines is 2. The molecule has 2 aromatic carbocycles. The fourth-order valence-corrected chi connectivity index (χ4v) is 11.3. The van der Waals surface area contributed by atoms with Crippen LogP contribution < -0.4 is 15.4 Å². The van der Waals surface area contributed by atoms with Crippen LogP contribution in [0.4, 0.5) is 11.4 Å². The Hall–Kier alpha value is -4.70. The zero-order chi connectivity index (χ0) is 41.6. The number of aromatic nitrogens is 2. The lowest BCUT2D eigenvalue weighted by Crippen LogP contribution is -2.54. The predicted molar refractivity (Wildman–Crippen MR) is 229 cm³/mol. The van der Waals surface area contributed by atoms with Gasteiger partial charge in [-0.1, -0.05) is 12.1 Å². The van der Waals surface area contributed by atoms with Gasteiger partial charge in [-0.3, -0.25) is 34.2 Å². The van der Waals surface area contributed by atoms with E-state index in [1.807, 2.05) is 31.2 Å². The smallest absolute Gasteiger partial charge is 0.274 e. The van der Waals surface area contributed by atoms with Crippen LogP contribution in [-0.4, -0.2) is 85.3 Å². The summed E-state index contributed by atoms with van der Waals surface area (Å²) in [6.07, 6.45) is 8.89. The highest BCUT2D eigenvalue weighted by Gasteiger charge is 2.46. The number of carbonyl (C=O) groups is 5. The van der Waals surface area contributed by atoms with E-state index in [9.17, 15) is 29.1 Å². The van der Waals surface area contributed by atoms with Crippen molar-refractivity contribution in [3.63, 3.8) is 0 Å². The van der Waals surface area contributed by atoms with Gasteiger partial charge in [-0.15, -0.1) is 11.3 Å². The molecule has 0 bridgehead atoms. The number of pyridine rings is 1. The second-order valence-electron chi connectivity index (χ2n) is 17.1. The largest absolute Gasteiger partial charge is 0.386 e. The third-order valence-electron chi connectivity index (χ3n) is 12.4. The number of benzene rings is 2. The molecular weight excluding hydrogens is 787 g/mol. The van der Waals surface area contributed by atoms with E-state index in [0.29, 0.717) is 45.8 Å². The minimum Gasteiger partial charge on any atom is -0.386 e. The summed E-state index contributed by atoms with van der Waals surface area (Å²) in [5.74, 6) is -1.32. The van der Waals surface area contributed by atoms with Gasteiger partial charge in [-0.25, -0.2) is 9.97 Å². The Labute approximate surface area is 352 Å². The predicted octanol–water partition coefficient (Wildman–Crippen LogP) is 7.16. The van der Waals surface area contributed by atoms with Crippen LogP contribution in [0.5, 0.6) is 0 Å². The third-order valence-corrected chi connectivity index (χ3v) is 14.7. The quantitative estimate of drug-likeness (QED) is 0.0892. The van der Waals surface area contributed by atoms with E-state index in [0.717, 1.165) is 83.7 Å². The van der Waals surface area contributed by atoms with Gasteiger partial charge in [0.25, 0.3) is 17.7 Å². The van der Waals surface area contributed by atoms with E-state index in [-0.39, 0.29) is 29.9 Å². The fourth-order valence-electron chi connectivity index (χ4n) is 9.13. The molecule has 2 aromatic heterocycles. The lowest BCUT2D eigenvalue weighted by Gasteiger charge is -2.37. The summed E-state index contributed by atoms with van der Waals surface area (Å²) >= 11 is 3.28. The van der Waals surface area contributed by atoms with Crippen LogP contribution >= 0.6 is 23.3 Å². The van der Waals surface area contributed by atoms with E-state index in [1.165, 1.54) is 0 Å². The van der Waals surface area contributed by atoms with Crippen molar-refractivity contribution in [3.8, 4) is 0 Å². The summed E-state index contributed by atoms with van der Waals surface area (Å²) < 4.78 is 4.37. The van der Waals surface area contributed by atoms with Crippen molar-refractivity contribution in [1.82, 2.24) is 25.1 Å². The molecule has 1 atom stereocenters. The lowest BCUT2D eigenvalue weighted by atomic mass is 9.81. The number of carbonyl (C=O) groups excluding carboxylic acids is 5. The number of nitrogens with one attached hydrogen (secondary N) is 3. The van der Waals surface area contributed by atoms with E-state index >= 15 is 0 Å². The SMILES string of the molecule is Cc1cccc(C(=O)Nc2cc3sc(C4CCC(CN(C)C5CCC(SNc6cccc7c6C(=O)N(C6CCC(=O)NC6=O)C7=O)CC5)CC4)nc3cc2C(C)(C)O)n1. The molecule has 2 aliphatic heterocycles. The standard InChI is InChI=1S/C44H51N7O6S2/c1-24-7-5-10-32(45-24)39(53)46-33-22-36-34(21-30(33)44(2,3)57)47-41(58-36)26-13-11-25(12-14-26)23-50(4)27-15-17-28(18-16-27)59-49-31-9-6-8-29-38(31)43(56)51(42(29)55)35-19-20-37(52)48-40(35)54/h5-10,21-22,25-28,35,49,57H,11-20,23H2,1-4H3,(H,46,53)(H,48,52,54). The average Bonchev–Trinajstić information content (AvgIpc) is 3.74. The maximum absolute atomic E-state index is 13.5. The van der Waals surface area contributed by atoms with Crippen molar-refractivity contribution in [2.75, 3.05) is 23.6 Å². The lowest BCUT2D eigenvalue weighted by molar-refractivity contribution is -0.136. The Kier molecular flexibility index (Phi) is 11.7. The summed E-state index contributed by atoms with van der Waals surface area (Å²) in [5.41, 5.74) is 3.06. The molecule has 13 nitrogen and oxygen atoms in total. The first-order valence-corrected chi connectivity index (χ1v) is 22.3. The number of thiazole rings is 1. The minimum atomic E-state index is -1.18. The van der Waals surface area contributed by atoms with Crippen LogP contribution in [0.3, 0.4) is 0 Å². The first-order chi connectivity index (χ1) is 28.2. The molecule has 15 heteroatoms. The molecule has 4 aliphatic rings. The Morgan fingerprint density at radius 2 is 1.69 bits per heavy atom. The number of hydrogen-bond donors (Lipinski definition) is 4.